The van der Waals surface area contributed by atoms with Crippen LogP contribution in [0.3, 0.4) is 0 Å². The van der Waals surface area contributed by atoms with E-state index in [1.807, 2.05) is 13.8 Å². The van der Waals surface area contributed by atoms with Crippen molar-refractivity contribution >= 4 is 43.8 Å². The standard InChI is InChI=1S/C18H17F5NO5P.C12H17ClNO4P.C6HF5O.C6H13NO2.ClH/c1-3-9-27-18(25)10(2)24-30(26,28-11-7-5-4-6-8-11)29-17-15(22)13(20)12(19)14(21)16(17)23;1-3-9-17-12(15)10(2)14-19(13,16)18-11-7-5-4-6-8-11;7-1-2(8)4(10)6(12)5(11)3(1)9;1-3-4-9-6(8)5(2)7;/h4-8,10H,3,9H2,1-2H3,(H,24,26);4-8,10H,3,9H2,1-2H3,(H,14,16);12H;5H,3-4,7H2,1-2H3;1H/p-1/t10-,30-;10-,19+;;5-;/m00.0./s1. The molecule has 0 saturated carbocycles. The van der Waals surface area contributed by atoms with Gasteiger partial charge in [0.05, 0.1) is 19.8 Å². The van der Waals surface area contributed by atoms with E-state index in [9.17, 15) is 67.4 Å². The van der Waals surface area contributed by atoms with E-state index in [2.05, 4.69) is 19.4 Å². The zero-order chi connectivity index (χ0) is 53.5. The van der Waals surface area contributed by atoms with Crippen LogP contribution >= 0.6 is 25.9 Å². The molecule has 5 atom stereocenters. The van der Waals surface area contributed by atoms with E-state index in [1.165, 1.54) is 38.1 Å². The van der Waals surface area contributed by atoms with Crippen LogP contribution in [0.15, 0.2) is 60.7 Å². The predicted molar refractivity (Wildman–Crippen MR) is 233 cm³/mol. The van der Waals surface area contributed by atoms with Crippen LogP contribution in [0.5, 0.6) is 23.0 Å². The van der Waals surface area contributed by atoms with Gasteiger partial charge in [-0.1, -0.05) is 57.2 Å². The van der Waals surface area contributed by atoms with E-state index in [0.29, 0.717) is 25.4 Å². The first-order valence-corrected chi connectivity index (χ1v) is 24.4. The Labute approximate surface area is 411 Å². The monoisotopic (exact) mass is 1110 g/mol. The number of carbonyl (C=O) groups is 3. The van der Waals surface area contributed by atoms with Crippen LogP contribution in [0.1, 0.15) is 60.8 Å². The Hall–Kier alpha value is -5.29. The molecule has 0 unspecified atom stereocenters. The lowest BCUT2D eigenvalue weighted by atomic mass is 10.3. The van der Waals surface area contributed by atoms with Crippen molar-refractivity contribution in [2.24, 2.45) is 5.73 Å². The molecule has 5 N–H and O–H groups in total. The van der Waals surface area contributed by atoms with Crippen LogP contribution in [-0.4, -0.2) is 61.0 Å². The summed E-state index contributed by atoms with van der Waals surface area (Å²) in [5.74, 6) is -28.0. The van der Waals surface area contributed by atoms with Gasteiger partial charge in [-0.15, -0.1) is 0 Å². The molecule has 0 amide bonds. The van der Waals surface area contributed by atoms with E-state index in [0.717, 1.165) is 12.8 Å². The fourth-order valence-electron chi connectivity index (χ4n) is 4.28. The van der Waals surface area contributed by atoms with Crippen molar-refractivity contribution in [1.82, 2.24) is 10.2 Å². The Morgan fingerprint density at radius 1 is 0.549 bits per heavy atom. The molecule has 0 saturated heterocycles. The van der Waals surface area contributed by atoms with Crippen LogP contribution in [-0.2, 0) is 37.7 Å². The van der Waals surface area contributed by atoms with Crippen LogP contribution in [0.2, 0.25) is 0 Å². The lowest BCUT2D eigenvalue weighted by Crippen LogP contribution is -3.00. The SMILES string of the molecule is CCCOC(=O)[C@H](C)N.CCCOC(=O)[C@H](C)N[P@@](=O)(Cl)Oc1ccccc1.CCCOC(=O)[C@H](C)N[P@](=O)(Oc1ccccc1)Oc1c(F)c(F)c(F)c(F)c1F.Oc1c(F)c(F)c(F)c(F)c1F.[Cl-]. The van der Waals surface area contributed by atoms with Gasteiger partial charge in [-0.2, -0.15) is 22.6 Å². The third-order valence-electron chi connectivity index (χ3n) is 7.63. The number of phenols is 1. The number of para-hydroxylation sites is 2. The van der Waals surface area contributed by atoms with Gasteiger partial charge in [-0.05, 0) is 64.3 Å². The van der Waals surface area contributed by atoms with Gasteiger partial charge in [0, 0.05) is 11.2 Å². The number of carbonyl (C=O) groups excluding carboxylic acids is 3. The number of phenolic OH excluding ortho intramolecular Hbond substituents is 1. The second-order valence-electron chi connectivity index (χ2n) is 13.7. The Kier molecular flexibility index (Phi) is 29.5. The molecule has 0 spiro atoms. The molecular weight excluding hydrogens is 1060 g/mol. The zero-order valence-corrected chi connectivity index (χ0v) is 41.5. The summed E-state index contributed by atoms with van der Waals surface area (Å²) in [6.07, 6.45) is 2.05. The molecule has 398 valence electrons. The first-order valence-electron chi connectivity index (χ1n) is 20.3. The third kappa shape index (κ3) is 21.9. The summed E-state index contributed by atoms with van der Waals surface area (Å²) in [7, 11) is -4.90. The highest BCUT2D eigenvalue weighted by atomic mass is 35.7. The number of halogens is 12. The molecule has 0 radical (unpaired) electrons. The van der Waals surface area contributed by atoms with Gasteiger partial charge in [-0.3, -0.25) is 14.4 Å². The molecule has 0 heterocycles. The van der Waals surface area contributed by atoms with Gasteiger partial charge in [-0.25, -0.2) is 40.6 Å². The molecule has 0 fully saturated rings. The Morgan fingerprint density at radius 3 is 1.24 bits per heavy atom. The maximum absolute atomic E-state index is 14.0. The van der Waals surface area contributed by atoms with Crippen LogP contribution in [0, 0.1) is 58.2 Å². The molecule has 4 aromatic rings. The summed E-state index contributed by atoms with van der Waals surface area (Å²) in [6.45, 7) is 7.04. The molecule has 4 rings (SSSR count). The lowest BCUT2D eigenvalue weighted by molar-refractivity contribution is -0.146. The number of nitrogens with two attached hydrogens (primary N) is 1. The number of benzene rings is 4. The highest BCUT2D eigenvalue weighted by Gasteiger charge is 2.38. The Morgan fingerprint density at radius 2 is 0.873 bits per heavy atom. The summed E-state index contributed by atoms with van der Waals surface area (Å²) >= 11 is 5.76. The van der Waals surface area contributed by atoms with Crippen molar-refractivity contribution in [1.29, 1.82) is 0 Å². The molecule has 15 nitrogen and oxygen atoms in total. The van der Waals surface area contributed by atoms with Gasteiger partial charge in [0.15, 0.2) is 5.75 Å². The van der Waals surface area contributed by atoms with Crippen molar-refractivity contribution < 1.29 is 113 Å². The Bertz CT molecular complexity index is 2310. The van der Waals surface area contributed by atoms with E-state index in [-0.39, 0.29) is 30.7 Å². The van der Waals surface area contributed by atoms with Crippen molar-refractivity contribution in [3.63, 3.8) is 0 Å². The highest BCUT2D eigenvalue weighted by Crippen LogP contribution is 2.49. The summed E-state index contributed by atoms with van der Waals surface area (Å²) < 4.78 is 183. The van der Waals surface area contributed by atoms with Crippen LogP contribution < -0.4 is 41.9 Å². The minimum atomic E-state index is -4.90. The maximum atomic E-state index is 14.0. The number of hydrogen-bond acceptors (Lipinski definition) is 13. The summed E-state index contributed by atoms with van der Waals surface area (Å²) in [5.41, 5.74) is 5.20. The number of esters is 3. The molecule has 71 heavy (non-hydrogen) atoms. The molecule has 0 aliphatic carbocycles. The maximum Gasteiger partial charge on any atom is 0.513 e. The number of nitrogens with one attached hydrogen (secondary N) is 2. The Balaban J connectivity index is 0.00000102. The van der Waals surface area contributed by atoms with Crippen LogP contribution in [0.25, 0.3) is 0 Å². The number of aromatic hydroxyl groups is 1. The molecule has 29 heteroatoms. The molecule has 0 aliphatic rings. The van der Waals surface area contributed by atoms with Gasteiger partial charge < -0.3 is 51.0 Å². The van der Waals surface area contributed by atoms with E-state index >= 15 is 0 Å². The molecule has 4 aromatic carbocycles. The van der Waals surface area contributed by atoms with Gasteiger partial charge in [0.2, 0.25) is 63.9 Å². The summed E-state index contributed by atoms with van der Waals surface area (Å²) in [4.78, 5) is 34.0. The largest absolute Gasteiger partial charge is 1.00 e. The molecule has 0 aromatic heterocycles. The topological polar surface area (TPSA) is 211 Å². The molecule has 0 bridgehead atoms. The van der Waals surface area contributed by atoms with Crippen molar-refractivity contribution in [2.75, 3.05) is 19.8 Å². The fraction of sp³-hybridized carbons (Fsp3) is 0.357. The van der Waals surface area contributed by atoms with E-state index < -0.39 is 114 Å². The smallest absolute Gasteiger partial charge is 0.513 e. The quantitative estimate of drug-likeness (QED) is 0.0178. The van der Waals surface area contributed by atoms with E-state index in [1.54, 1.807) is 50.2 Å². The second kappa shape index (κ2) is 31.9. The average molecular weight is 1110 g/mol. The van der Waals surface area contributed by atoms with Gasteiger partial charge >= 0.3 is 32.5 Å². The number of hydrogen-bond donors (Lipinski definition) is 4. The molecular formula is C42H48Cl2F10N3O12P2-. The van der Waals surface area contributed by atoms with E-state index in [4.69, 9.17) is 40.6 Å². The van der Waals surface area contributed by atoms with Crippen LogP contribution in [0.4, 0.5) is 43.9 Å². The normalized spacial score (nSPS) is 13.4. The lowest BCUT2D eigenvalue weighted by Gasteiger charge is -2.23. The highest BCUT2D eigenvalue weighted by molar-refractivity contribution is 7.84. The van der Waals surface area contributed by atoms with Crippen molar-refractivity contribution in [3.05, 3.63) is 119 Å². The number of ether oxygens (including phenoxy) is 3. The minimum absolute atomic E-state index is 0. The third-order valence-corrected chi connectivity index (χ3v) is 10.8. The fourth-order valence-corrected chi connectivity index (χ4v) is 7.49. The summed E-state index contributed by atoms with van der Waals surface area (Å²) in [5, 5.41) is 12.8. The predicted octanol–water partition coefficient (Wildman–Crippen LogP) is 7.60. The van der Waals surface area contributed by atoms with Crippen molar-refractivity contribution in [2.45, 2.75) is 78.9 Å². The number of rotatable bonds is 19. The van der Waals surface area contributed by atoms with Gasteiger partial charge in [0.1, 0.15) is 29.6 Å². The first kappa shape index (κ1) is 65.7. The zero-order valence-electron chi connectivity index (χ0n) is 38.2. The van der Waals surface area contributed by atoms with Crippen molar-refractivity contribution in [3.8, 4) is 23.0 Å². The van der Waals surface area contributed by atoms with Gasteiger partial charge in [0.25, 0.3) is 0 Å². The first-order chi connectivity index (χ1) is 32.7. The molecule has 0 aliphatic heterocycles. The average Bonchev–Trinajstić information content (AvgIpc) is 3.33. The summed E-state index contributed by atoms with van der Waals surface area (Å²) in [6, 6.07) is 12.9. The second-order valence-corrected chi connectivity index (χ2v) is 18.0. The minimum Gasteiger partial charge on any atom is -1.00 e.